The molecule has 1 aromatic heterocycles. The second kappa shape index (κ2) is 8.15. The van der Waals surface area contributed by atoms with Crippen LogP contribution in [0.15, 0.2) is 18.3 Å². The van der Waals surface area contributed by atoms with Crippen LogP contribution in [0, 0.1) is 5.92 Å². The molecule has 0 radical (unpaired) electrons. The SMILES string of the molecule is CC(O)CN(C)C(=O)NCc1ccc(N2CCC(C)CC2)nc1. The van der Waals surface area contributed by atoms with Crippen molar-refractivity contribution in [3.8, 4) is 0 Å². The molecule has 1 unspecified atom stereocenters. The number of aliphatic hydroxyl groups excluding tert-OH is 1. The number of amides is 2. The predicted octanol–water partition coefficient (Wildman–Crippen LogP) is 1.84. The van der Waals surface area contributed by atoms with Crippen LogP contribution in [-0.2, 0) is 6.54 Å². The van der Waals surface area contributed by atoms with E-state index in [0.717, 1.165) is 30.4 Å². The molecule has 23 heavy (non-hydrogen) atoms. The van der Waals surface area contributed by atoms with Gasteiger partial charge in [-0.05, 0) is 37.3 Å². The molecule has 0 saturated carbocycles. The van der Waals surface area contributed by atoms with Crippen LogP contribution in [0.4, 0.5) is 10.6 Å². The molecule has 2 N–H and O–H groups in total. The Morgan fingerprint density at radius 3 is 2.74 bits per heavy atom. The van der Waals surface area contributed by atoms with Crippen molar-refractivity contribution in [1.82, 2.24) is 15.2 Å². The van der Waals surface area contributed by atoms with Crippen LogP contribution in [0.5, 0.6) is 0 Å². The second-order valence-electron chi connectivity index (χ2n) is 6.58. The highest BCUT2D eigenvalue weighted by atomic mass is 16.3. The quantitative estimate of drug-likeness (QED) is 0.868. The Bertz CT molecular complexity index is 496. The van der Waals surface area contributed by atoms with Crippen molar-refractivity contribution in [3.63, 3.8) is 0 Å². The lowest BCUT2D eigenvalue weighted by Crippen LogP contribution is -2.40. The van der Waals surface area contributed by atoms with Gasteiger partial charge in [0.1, 0.15) is 5.82 Å². The number of aliphatic hydroxyl groups is 1. The fourth-order valence-corrected chi connectivity index (χ4v) is 2.74. The molecule has 6 heteroatoms. The summed E-state index contributed by atoms with van der Waals surface area (Å²) in [6, 6.07) is 3.84. The summed E-state index contributed by atoms with van der Waals surface area (Å²) in [5, 5.41) is 12.1. The zero-order valence-corrected chi connectivity index (χ0v) is 14.3. The summed E-state index contributed by atoms with van der Waals surface area (Å²) in [4.78, 5) is 20.2. The molecule has 2 rings (SSSR count). The fraction of sp³-hybridized carbons (Fsp3) is 0.647. The van der Waals surface area contributed by atoms with Crippen molar-refractivity contribution in [2.45, 2.75) is 39.3 Å². The second-order valence-corrected chi connectivity index (χ2v) is 6.58. The van der Waals surface area contributed by atoms with Crippen molar-refractivity contribution in [2.24, 2.45) is 5.92 Å². The average molecular weight is 320 g/mol. The van der Waals surface area contributed by atoms with Crippen molar-refractivity contribution in [2.75, 3.05) is 31.6 Å². The first kappa shape index (κ1) is 17.5. The monoisotopic (exact) mass is 320 g/mol. The third kappa shape index (κ3) is 5.39. The third-order valence-electron chi connectivity index (χ3n) is 4.25. The van der Waals surface area contributed by atoms with E-state index in [1.165, 1.54) is 17.7 Å². The van der Waals surface area contributed by atoms with E-state index < -0.39 is 6.10 Å². The third-order valence-corrected chi connectivity index (χ3v) is 4.25. The molecule has 2 heterocycles. The normalized spacial score (nSPS) is 17.0. The molecular formula is C17H28N4O2. The predicted molar refractivity (Wildman–Crippen MR) is 91.4 cm³/mol. The first-order chi connectivity index (χ1) is 11.0. The van der Waals surface area contributed by atoms with Crippen molar-refractivity contribution in [1.29, 1.82) is 0 Å². The summed E-state index contributed by atoms with van der Waals surface area (Å²) in [7, 11) is 1.67. The number of hydrogen-bond acceptors (Lipinski definition) is 4. The van der Waals surface area contributed by atoms with E-state index >= 15 is 0 Å². The van der Waals surface area contributed by atoms with Gasteiger partial charge in [0.2, 0.25) is 0 Å². The van der Waals surface area contributed by atoms with E-state index in [1.54, 1.807) is 14.0 Å². The first-order valence-corrected chi connectivity index (χ1v) is 8.32. The molecule has 1 atom stereocenters. The van der Waals surface area contributed by atoms with Crippen LogP contribution in [0.3, 0.4) is 0 Å². The van der Waals surface area contributed by atoms with E-state index in [2.05, 4.69) is 22.1 Å². The van der Waals surface area contributed by atoms with Gasteiger partial charge in [-0.2, -0.15) is 0 Å². The van der Waals surface area contributed by atoms with Gasteiger partial charge in [0, 0.05) is 39.4 Å². The van der Waals surface area contributed by atoms with E-state index in [4.69, 9.17) is 0 Å². The zero-order valence-electron chi connectivity index (χ0n) is 14.3. The molecule has 2 amide bonds. The van der Waals surface area contributed by atoms with Gasteiger partial charge in [-0.25, -0.2) is 9.78 Å². The number of likely N-dealkylation sites (N-methyl/N-ethyl adjacent to an activating group) is 1. The number of carbonyl (C=O) groups is 1. The number of nitrogens with one attached hydrogen (secondary N) is 1. The minimum absolute atomic E-state index is 0.194. The largest absolute Gasteiger partial charge is 0.392 e. The van der Waals surface area contributed by atoms with Gasteiger partial charge >= 0.3 is 6.03 Å². The number of hydrogen-bond donors (Lipinski definition) is 2. The number of aromatic nitrogens is 1. The zero-order chi connectivity index (χ0) is 16.8. The maximum atomic E-state index is 11.9. The molecule has 1 aliphatic rings. The number of nitrogens with zero attached hydrogens (tertiary/aromatic N) is 3. The number of pyridine rings is 1. The number of piperidine rings is 1. The van der Waals surface area contributed by atoms with Crippen molar-refractivity contribution >= 4 is 11.8 Å². The number of carbonyl (C=O) groups excluding carboxylic acids is 1. The molecule has 0 bridgehead atoms. The number of anilines is 1. The van der Waals surface area contributed by atoms with Gasteiger partial charge in [-0.1, -0.05) is 13.0 Å². The Morgan fingerprint density at radius 1 is 1.48 bits per heavy atom. The van der Waals surface area contributed by atoms with Gasteiger partial charge in [0.05, 0.1) is 6.10 Å². The Morgan fingerprint density at radius 2 is 2.17 bits per heavy atom. The molecule has 128 valence electrons. The van der Waals surface area contributed by atoms with Gasteiger partial charge in [-0.3, -0.25) is 0 Å². The van der Waals surface area contributed by atoms with E-state index in [1.807, 2.05) is 18.3 Å². The Labute approximate surface area is 138 Å². The molecule has 1 fully saturated rings. The molecule has 1 aliphatic heterocycles. The highest BCUT2D eigenvalue weighted by Gasteiger charge is 2.16. The minimum atomic E-state index is -0.529. The fourth-order valence-electron chi connectivity index (χ4n) is 2.74. The summed E-state index contributed by atoms with van der Waals surface area (Å²) in [6.07, 6.45) is 3.73. The van der Waals surface area contributed by atoms with Crippen molar-refractivity contribution in [3.05, 3.63) is 23.9 Å². The van der Waals surface area contributed by atoms with Crippen LogP contribution in [0.1, 0.15) is 32.3 Å². The van der Waals surface area contributed by atoms with Crippen LogP contribution in [0.2, 0.25) is 0 Å². The van der Waals surface area contributed by atoms with Crippen LogP contribution < -0.4 is 10.2 Å². The maximum absolute atomic E-state index is 11.9. The summed E-state index contributed by atoms with van der Waals surface area (Å²) in [5.41, 5.74) is 0.970. The molecule has 0 aliphatic carbocycles. The minimum Gasteiger partial charge on any atom is -0.392 e. The van der Waals surface area contributed by atoms with E-state index in [0.29, 0.717) is 13.1 Å². The summed E-state index contributed by atoms with van der Waals surface area (Å²) in [5.74, 6) is 1.82. The Hall–Kier alpha value is -1.82. The Kier molecular flexibility index (Phi) is 6.21. The summed E-state index contributed by atoms with van der Waals surface area (Å²) in [6.45, 7) is 6.84. The summed E-state index contributed by atoms with van der Waals surface area (Å²) < 4.78 is 0. The van der Waals surface area contributed by atoms with Crippen LogP contribution in [-0.4, -0.2) is 53.8 Å². The molecule has 0 spiro atoms. The number of urea groups is 1. The van der Waals surface area contributed by atoms with E-state index in [-0.39, 0.29) is 6.03 Å². The lowest BCUT2D eigenvalue weighted by Gasteiger charge is -2.31. The van der Waals surface area contributed by atoms with Gasteiger partial charge in [0.25, 0.3) is 0 Å². The Balaban J connectivity index is 1.82. The highest BCUT2D eigenvalue weighted by Crippen LogP contribution is 2.21. The number of rotatable bonds is 5. The molecule has 1 saturated heterocycles. The van der Waals surface area contributed by atoms with Crippen molar-refractivity contribution < 1.29 is 9.90 Å². The topological polar surface area (TPSA) is 68.7 Å². The van der Waals surface area contributed by atoms with Gasteiger partial charge in [-0.15, -0.1) is 0 Å². The van der Waals surface area contributed by atoms with Crippen LogP contribution >= 0.6 is 0 Å². The average Bonchev–Trinajstić information content (AvgIpc) is 2.53. The lowest BCUT2D eigenvalue weighted by molar-refractivity contribution is 0.143. The molecule has 6 nitrogen and oxygen atoms in total. The summed E-state index contributed by atoms with van der Waals surface area (Å²) >= 11 is 0. The highest BCUT2D eigenvalue weighted by molar-refractivity contribution is 5.73. The molecule has 0 aromatic carbocycles. The smallest absolute Gasteiger partial charge is 0.317 e. The maximum Gasteiger partial charge on any atom is 0.317 e. The lowest BCUT2D eigenvalue weighted by atomic mass is 9.99. The standard InChI is InChI=1S/C17H28N4O2/c1-13-6-8-21(9-7-13)16-5-4-15(10-18-16)11-19-17(23)20(3)12-14(2)22/h4-5,10,13-14,22H,6-9,11-12H2,1-3H3,(H,19,23). The molecular weight excluding hydrogens is 292 g/mol. The van der Waals surface area contributed by atoms with Gasteiger partial charge in [0.15, 0.2) is 0 Å². The first-order valence-electron chi connectivity index (χ1n) is 8.32. The molecule has 1 aromatic rings. The van der Waals surface area contributed by atoms with Gasteiger partial charge < -0.3 is 20.2 Å². The van der Waals surface area contributed by atoms with E-state index in [9.17, 15) is 9.90 Å². The van der Waals surface area contributed by atoms with Crippen LogP contribution in [0.25, 0.3) is 0 Å².